The van der Waals surface area contributed by atoms with Crippen molar-refractivity contribution < 1.29 is 18.7 Å². The number of alkyl halides is 1. The molecule has 4 atom stereocenters. The number of nitrogens with zero attached hydrogens (tertiary/aromatic N) is 3. The molecule has 1 aliphatic heterocycles. The van der Waals surface area contributed by atoms with Gasteiger partial charge in [0.05, 0.1) is 17.1 Å². The van der Waals surface area contributed by atoms with E-state index in [1.54, 1.807) is 48.0 Å². The molecule has 0 unspecified atom stereocenters. The van der Waals surface area contributed by atoms with Crippen molar-refractivity contribution in [3.05, 3.63) is 57.1 Å². The van der Waals surface area contributed by atoms with Gasteiger partial charge in [0.1, 0.15) is 17.1 Å². The highest BCUT2D eigenvalue weighted by Gasteiger charge is 2.56. The third-order valence-corrected chi connectivity index (χ3v) is 5.93. The van der Waals surface area contributed by atoms with Gasteiger partial charge in [0.15, 0.2) is 18.0 Å². The second kappa shape index (κ2) is 7.23. The van der Waals surface area contributed by atoms with Gasteiger partial charge < -0.3 is 14.0 Å². The van der Waals surface area contributed by atoms with E-state index in [-0.39, 0.29) is 5.15 Å². The third-order valence-electron chi connectivity index (χ3n) is 4.82. The Hall–Kier alpha value is -1.78. The number of carbonyl (C=O) groups excluding carboxylic acids is 1. The number of hydrogen-bond acceptors (Lipinski definition) is 5. The van der Waals surface area contributed by atoms with Gasteiger partial charge in [-0.05, 0) is 48.6 Å². The number of halogens is 3. The van der Waals surface area contributed by atoms with E-state index in [4.69, 9.17) is 21.1 Å². The lowest BCUT2D eigenvalue weighted by molar-refractivity contribution is -0.0447. The molecule has 1 aromatic carbocycles. The maximum Gasteiger partial charge on any atom is 0.338 e. The molecule has 0 amide bonds. The highest BCUT2D eigenvalue weighted by molar-refractivity contribution is 14.1. The summed E-state index contributed by atoms with van der Waals surface area (Å²) in [6, 6.07) is 8.48. The lowest BCUT2D eigenvalue weighted by atomic mass is 9.98. The van der Waals surface area contributed by atoms with E-state index < -0.39 is 30.1 Å². The van der Waals surface area contributed by atoms with Crippen LogP contribution < -0.4 is 0 Å². The Labute approximate surface area is 179 Å². The summed E-state index contributed by atoms with van der Waals surface area (Å²) in [4.78, 5) is 20.7. The number of aromatic nitrogens is 3. The quantitative estimate of drug-likeness (QED) is 0.291. The van der Waals surface area contributed by atoms with Crippen molar-refractivity contribution in [3.63, 3.8) is 0 Å². The summed E-state index contributed by atoms with van der Waals surface area (Å²) in [6.07, 6.45) is 0.256. The van der Waals surface area contributed by atoms with Crippen LogP contribution in [0.15, 0.2) is 42.9 Å². The van der Waals surface area contributed by atoms with Gasteiger partial charge >= 0.3 is 5.97 Å². The van der Waals surface area contributed by atoms with Crippen LogP contribution in [0.4, 0.5) is 4.39 Å². The van der Waals surface area contributed by atoms with Crippen LogP contribution in [0.3, 0.4) is 0 Å². The van der Waals surface area contributed by atoms with E-state index in [2.05, 4.69) is 32.6 Å². The molecule has 3 aromatic rings. The fraction of sp³-hybridized carbons (Fsp3) is 0.316. The zero-order valence-corrected chi connectivity index (χ0v) is 17.9. The van der Waals surface area contributed by atoms with Gasteiger partial charge in [-0.15, -0.1) is 0 Å². The van der Waals surface area contributed by atoms with Crippen LogP contribution in [0.5, 0.6) is 0 Å². The molecule has 0 spiro atoms. The largest absolute Gasteiger partial charge is 0.452 e. The zero-order valence-electron chi connectivity index (χ0n) is 15.0. The molecule has 1 aliphatic rings. The van der Waals surface area contributed by atoms with Gasteiger partial charge in [-0.1, -0.05) is 29.8 Å². The van der Waals surface area contributed by atoms with Gasteiger partial charge in [0, 0.05) is 9.77 Å². The summed E-state index contributed by atoms with van der Waals surface area (Å²) in [5, 5.41) is 0.911. The first-order valence-corrected chi connectivity index (χ1v) is 10.0. The summed E-state index contributed by atoms with van der Waals surface area (Å²) in [5.74, 6) is -0.595. The lowest BCUT2D eigenvalue weighted by Gasteiger charge is -2.27. The second-order valence-electron chi connectivity index (χ2n) is 6.78. The Morgan fingerprint density at radius 3 is 2.79 bits per heavy atom. The minimum absolute atomic E-state index is 0.284. The number of benzene rings is 1. The topological polar surface area (TPSA) is 66.2 Å². The highest BCUT2D eigenvalue weighted by atomic mass is 127. The third kappa shape index (κ3) is 3.17. The van der Waals surface area contributed by atoms with Crippen molar-refractivity contribution in [1.82, 2.24) is 14.5 Å². The summed E-state index contributed by atoms with van der Waals surface area (Å²) in [6.45, 7) is 3.05. The first-order chi connectivity index (χ1) is 13.3. The van der Waals surface area contributed by atoms with Gasteiger partial charge in [-0.2, -0.15) is 0 Å². The first-order valence-electron chi connectivity index (χ1n) is 8.57. The number of esters is 1. The normalized spacial score (nSPS) is 27.2. The molecule has 2 aromatic heterocycles. The van der Waals surface area contributed by atoms with Crippen LogP contribution in [0.25, 0.3) is 11.0 Å². The van der Waals surface area contributed by atoms with Crippen molar-refractivity contribution in [2.24, 2.45) is 0 Å². The molecule has 9 heteroatoms. The minimum atomic E-state index is -1.99. The van der Waals surface area contributed by atoms with Crippen molar-refractivity contribution >= 4 is 51.2 Å². The number of fused-ring (bicyclic) bond motifs is 1. The summed E-state index contributed by atoms with van der Waals surface area (Å²) < 4.78 is 29.6. The molecule has 28 heavy (non-hydrogen) atoms. The first kappa shape index (κ1) is 19.5. The molecule has 0 aliphatic carbocycles. The van der Waals surface area contributed by atoms with E-state index >= 15 is 4.39 Å². The molecule has 3 heterocycles. The highest BCUT2D eigenvalue weighted by Crippen LogP contribution is 2.45. The van der Waals surface area contributed by atoms with E-state index in [1.165, 1.54) is 13.3 Å². The molecule has 0 radical (unpaired) electrons. The second-order valence-corrected chi connectivity index (χ2v) is 8.30. The van der Waals surface area contributed by atoms with E-state index in [0.717, 1.165) is 3.57 Å². The Morgan fingerprint density at radius 1 is 1.36 bits per heavy atom. The predicted molar refractivity (Wildman–Crippen MR) is 110 cm³/mol. The van der Waals surface area contributed by atoms with Gasteiger partial charge in [-0.25, -0.2) is 19.2 Å². The average Bonchev–Trinajstić information content (AvgIpc) is 3.11. The van der Waals surface area contributed by atoms with E-state index in [1.807, 2.05) is 0 Å². The summed E-state index contributed by atoms with van der Waals surface area (Å²) in [5.41, 5.74) is -1.18. The van der Waals surface area contributed by atoms with E-state index in [0.29, 0.717) is 16.6 Å². The number of ether oxygens (including phenoxy) is 2. The van der Waals surface area contributed by atoms with Crippen LogP contribution in [0.1, 0.15) is 30.4 Å². The molecule has 0 bridgehead atoms. The number of rotatable bonds is 3. The molecule has 0 saturated carbocycles. The van der Waals surface area contributed by atoms with Gasteiger partial charge in [0.2, 0.25) is 0 Å². The molecular weight excluding hydrogens is 500 g/mol. The van der Waals surface area contributed by atoms with Crippen LogP contribution in [-0.4, -0.2) is 38.4 Å². The maximum atomic E-state index is 15.9. The molecule has 1 saturated heterocycles. The summed E-state index contributed by atoms with van der Waals surface area (Å²) >= 11 is 8.27. The predicted octanol–water partition coefficient (Wildman–Crippen LogP) is 4.56. The molecular formula is C19H16ClFIN3O3. The van der Waals surface area contributed by atoms with Crippen LogP contribution in [0.2, 0.25) is 5.15 Å². The van der Waals surface area contributed by atoms with Crippen molar-refractivity contribution in [3.8, 4) is 0 Å². The SMILES string of the molecule is C[C@H]1O[C@@H](n2cc(I)c3c(Cl)ncnc32)[C@](C)(F)[C@@H]1OC(=O)c1ccccc1. The van der Waals surface area contributed by atoms with Gasteiger partial charge in [0.25, 0.3) is 0 Å². The molecule has 0 N–H and O–H groups in total. The smallest absolute Gasteiger partial charge is 0.338 e. The van der Waals surface area contributed by atoms with E-state index in [9.17, 15) is 4.79 Å². The fourth-order valence-electron chi connectivity index (χ4n) is 3.50. The average molecular weight is 516 g/mol. The molecule has 1 fully saturated rings. The van der Waals surface area contributed by atoms with Crippen molar-refractivity contribution in [2.45, 2.75) is 38.0 Å². The van der Waals surface area contributed by atoms with Crippen LogP contribution >= 0.6 is 34.2 Å². The minimum Gasteiger partial charge on any atom is -0.452 e. The molecule has 4 rings (SSSR count). The summed E-state index contributed by atoms with van der Waals surface area (Å²) in [7, 11) is 0. The standard InChI is InChI=1S/C19H16ClFIN3O3/c1-10-14(28-17(26)11-6-4-3-5-7-11)19(2,21)18(27-10)25-8-12(22)13-15(20)23-9-24-16(13)25/h3-10,14,18H,1-2H3/t10-,14-,18-,19-/m1/s1. The zero-order chi connectivity index (χ0) is 20.1. The van der Waals surface area contributed by atoms with Gasteiger partial charge in [-0.3, -0.25) is 0 Å². The lowest BCUT2D eigenvalue weighted by Crippen LogP contribution is -2.42. The maximum absolute atomic E-state index is 15.9. The molecule has 146 valence electrons. The fourth-order valence-corrected chi connectivity index (χ4v) is 4.68. The Balaban J connectivity index is 1.68. The van der Waals surface area contributed by atoms with Crippen LogP contribution in [0, 0.1) is 3.57 Å². The molecule has 6 nitrogen and oxygen atoms in total. The number of carbonyl (C=O) groups is 1. The Morgan fingerprint density at radius 2 is 2.07 bits per heavy atom. The van der Waals surface area contributed by atoms with Crippen molar-refractivity contribution in [1.29, 1.82) is 0 Å². The monoisotopic (exact) mass is 515 g/mol. The Bertz CT molecular complexity index is 1040. The van der Waals surface area contributed by atoms with Crippen molar-refractivity contribution in [2.75, 3.05) is 0 Å². The Kier molecular flexibility index (Phi) is 5.05. The number of hydrogen-bond donors (Lipinski definition) is 0. The van der Waals surface area contributed by atoms with Crippen LogP contribution in [-0.2, 0) is 9.47 Å².